The lowest BCUT2D eigenvalue weighted by Crippen LogP contribution is -2.10. The Morgan fingerprint density at radius 1 is 1.35 bits per heavy atom. The number of carboxylic acids is 1. The second-order valence-corrected chi connectivity index (χ2v) is 5.57. The predicted octanol–water partition coefficient (Wildman–Crippen LogP) is 3.31. The van der Waals surface area contributed by atoms with E-state index in [0.29, 0.717) is 16.2 Å². The second kappa shape index (κ2) is 7.38. The van der Waals surface area contributed by atoms with Crippen molar-refractivity contribution in [1.82, 2.24) is 0 Å². The highest BCUT2D eigenvalue weighted by molar-refractivity contribution is 7.12. The molecule has 1 heterocycles. The third-order valence-electron chi connectivity index (χ3n) is 3.00. The Labute approximate surface area is 137 Å². The normalized spacial score (nSPS) is 10.9. The predicted molar refractivity (Wildman–Crippen MR) is 86.5 cm³/mol. The van der Waals surface area contributed by atoms with Gasteiger partial charge >= 0.3 is 5.97 Å². The number of aliphatic carboxylic acids is 1. The molecular formula is C17H13NO4S. The summed E-state index contributed by atoms with van der Waals surface area (Å²) >= 11 is 1.28. The van der Waals surface area contributed by atoms with Gasteiger partial charge in [0.1, 0.15) is 17.4 Å². The number of carbonyl (C=O) groups is 2. The molecule has 0 amide bonds. The summed E-state index contributed by atoms with van der Waals surface area (Å²) in [5.41, 5.74) is 1.27. The zero-order valence-corrected chi connectivity index (χ0v) is 13.1. The Kier molecular flexibility index (Phi) is 5.28. The number of carboxylic acid groups (broad SMARTS) is 1. The molecule has 0 atom stereocenters. The molecule has 2 aromatic rings. The monoisotopic (exact) mass is 327 g/mol. The Balaban J connectivity index is 2.35. The van der Waals surface area contributed by atoms with Crippen molar-refractivity contribution >= 4 is 29.2 Å². The van der Waals surface area contributed by atoms with Crippen LogP contribution in [-0.4, -0.2) is 23.5 Å². The highest BCUT2D eigenvalue weighted by Gasteiger charge is 2.16. The molecule has 23 heavy (non-hydrogen) atoms. The number of hydrogen-bond donors (Lipinski definition) is 1. The van der Waals surface area contributed by atoms with Crippen LogP contribution in [0.1, 0.15) is 20.8 Å². The van der Waals surface area contributed by atoms with Crippen LogP contribution in [0.25, 0.3) is 6.08 Å². The van der Waals surface area contributed by atoms with Crippen molar-refractivity contribution in [2.45, 2.75) is 6.92 Å². The van der Waals surface area contributed by atoms with Gasteiger partial charge in [-0.3, -0.25) is 4.79 Å². The van der Waals surface area contributed by atoms with Crippen molar-refractivity contribution in [2.75, 3.05) is 6.61 Å². The van der Waals surface area contributed by atoms with Gasteiger partial charge in [-0.05, 0) is 36.1 Å². The molecule has 0 saturated heterocycles. The maximum Gasteiger partial charge on any atom is 0.341 e. The molecule has 0 saturated carbocycles. The lowest BCUT2D eigenvalue weighted by Gasteiger charge is -2.07. The number of rotatable bonds is 6. The number of ketones is 1. The molecule has 0 unspecified atom stereocenters. The fourth-order valence-electron chi connectivity index (χ4n) is 1.90. The highest BCUT2D eigenvalue weighted by Crippen LogP contribution is 2.24. The van der Waals surface area contributed by atoms with E-state index < -0.39 is 12.6 Å². The number of benzene rings is 1. The molecule has 0 bridgehead atoms. The van der Waals surface area contributed by atoms with E-state index in [4.69, 9.17) is 9.84 Å². The summed E-state index contributed by atoms with van der Waals surface area (Å²) in [4.78, 5) is 23.6. The Bertz CT molecular complexity index is 814. The maximum absolute atomic E-state index is 12.4. The van der Waals surface area contributed by atoms with Crippen LogP contribution in [0.5, 0.6) is 5.75 Å². The zero-order valence-electron chi connectivity index (χ0n) is 12.3. The van der Waals surface area contributed by atoms with E-state index in [0.717, 1.165) is 5.56 Å². The van der Waals surface area contributed by atoms with Crippen LogP contribution in [-0.2, 0) is 4.79 Å². The van der Waals surface area contributed by atoms with Crippen LogP contribution >= 0.6 is 11.3 Å². The summed E-state index contributed by atoms with van der Waals surface area (Å²) in [6, 6.07) is 10.4. The first kappa shape index (κ1) is 16.5. The van der Waals surface area contributed by atoms with Crippen LogP contribution in [0.3, 0.4) is 0 Å². The second-order valence-electron chi connectivity index (χ2n) is 4.65. The molecule has 0 aliphatic carbocycles. The maximum atomic E-state index is 12.4. The van der Waals surface area contributed by atoms with Crippen LogP contribution in [0.4, 0.5) is 0 Å². The number of nitriles is 1. The average molecular weight is 327 g/mol. The topological polar surface area (TPSA) is 87.4 Å². The van der Waals surface area contributed by atoms with Gasteiger partial charge in [-0.15, -0.1) is 11.3 Å². The van der Waals surface area contributed by atoms with E-state index in [2.05, 4.69) is 0 Å². The molecular weight excluding hydrogens is 314 g/mol. The number of ether oxygens (including phenoxy) is 1. The molecule has 6 heteroatoms. The molecule has 0 fully saturated rings. The summed E-state index contributed by atoms with van der Waals surface area (Å²) in [7, 11) is 0. The minimum absolute atomic E-state index is 0.0260. The highest BCUT2D eigenvalue weighted by atomic mass is 32.1. The minimum atomic E-state index is -1.10. The van der Waals surface area contributed by atoms with Gasteiger partial charge in [-0.1, -0.05) is 18.2 Å². The molecule has 0 spiro atoms. The third-order valence-corrected chi connectivity index (χ3v) is 4.02. The van der Waals surface area contributed by atoms with E-state index in [-0.39, 0.29) is 11.4 Å². The number of allylic oxidation sites excluding steroid dienone is 1. The van der Waals surface area contributed by atoms with Gasteiger partial charge in [0.25, 0.3) is 0 Å². The lowest BCUT2D eigenvalue weighted by atomic mass is 10.0. The molecule has 1 aromatic heterocycles. The van der Waals surface area contributed by atoms with E-state index in [1.807, 2.05) is 19.1 Å². The van der Waals surface area contributed by atoms with Crippen molar-refractivity contribution < 1.29 is 19.4 Å². The minimum Gasteiger partial charge on any atom is -0.481 e. The van der Waals surface area contributed by atoms with Gasteiger partial charge in [0.2, 0.25) is 5.78 Å². The van der Waals surface area contributed by atoms with Gasteiger partial charge < -0.3 is 9.84 Å². The molecule has 2 rings (SSSR count). The summed E-state index contributed by atoms with van der Waals surface area (Å²) in [5.74, 6) is -1.15. The first-order chi connectivity index (χ1) is 11.0. The summed E-state index contributed by atoms with van der Waals surface area (Å²) in [6.45, 7) is 1.31. The molecule has 0 aliphatic rings. The zero-order chi connectivity index (χ0) is 16.8. The van der Waals surface area contributed by atoms with Crippen molar-refractivity contribution in [3.8, 4) is 11.8 Å². The number of thiophene rings is 1. The fraction of sp³-hybridized carbons (Fsp3) is 0.118. The number of Topliss-reactive ketones (excluding diaryl/α,β-unsaturated/α-hetero) is 1. The Hall–Kier alpha value is -2.91. The quantitative estimate of drug-likeness (QED) is 0.499. The molecule has 116 valence electrons. The molecule has 5 nitrogen and oxygen atoms in total. The number of nitrogens with zero attached hydrogens (tertiary/aromatic N) is 1. The van der Waals surface area contributed by atoms with Crippen LogP contribution in [0.2, 0.25) is 0 Å². The van der Waals surface area contributed by atoms with Gasteiger partial charge in [-0.25, -0.2) is 4.79 Å². The SMILES string of the molecule is Cc1ccsc1C(=O)/C(C#N)=C\c1ccccc1OCC(=O)O. The van der Waals surface area contributed by atoms with Gasteiger partial charge in [-0.2, -0.15) is 5.26 Å². The number of hydrogen-bond acceptors (Lipinski definition) is 5. The van der Waals surface area contributed by atoms with Gasteiger partial charge in [0.05, 0.1) is 4.88 Å². The Morgan fingerprint density at radius 2 is 2.09 bits per heavy atom. The average Bonchev–Trinajstić information content (AvgIpc) is 2.96. The fourth-order valence-corrected chi connectivity index (χ4v) is 2.78. The van der Waals surface area contributed by atoms with Crippen LogP contribution < -0.4 is 4.74 Å². The van der Waals surface area contributed by atoms with Crippen molar-refractivity contribution in [3.63, 3.8) is 0 Å². The van der Waals surface area contributed by atoms with Crippen molar-refractivity contribution in [2.24, 2.45) is 0 Å². The van der Waals surface area contributed by atoms with E-state index >= 15 is 0 Å². The lowest BCUT2D eigenvalue weighted by molar-refractivity contribution is -0.139. The molecule has 1 N–H and O–H groups in total. The Morgan fingerprint density at radius 3 is 2.70 bits per heavy atom. The number of carbonyl (C=O) groups excluding carboxylic acids is 1. The van der Waals surface area contributed by atoms with E-state index in [1.54, 1.807) is 29.6 Å². The summed E-state index contributed by atoms with van der Waals surface area (Å²) < 4.78 is 5.18. The first-order valence-corrected chi connectivity index (χ1v) is 7.55. The van der Waals surface area contributed by atoms with Crippen LogP contribution in [0, 0.1) is 18.3 Å². The van der Waals surface area contributed by atoms with Crippen molar-refractivity contribution in [1.29, 1.82) is 5.26 Å². The van der Waals surface area contributed by atoms with Crippen molar-refractivity contribution in [3.05, 3.63) is 57.3 Å². The number of para-hydroxylation sites is 1. The first-order valence-electron chi connectivity index (χ1n) is 6.67. The smallest absolute Gasteiger partial charge is 0.341 e. The van der Waals surface area contributed by atoms with E-state index in [9.17, 15) is 14.9 Å². The van der Waals surface area contributed by atoms with Crippen LogP contribution in [0.15, 0.2) is 41.3 Å². The van der Waals surface area contributed by atoms with Gasteiger partial charge in [0, 0.05) is 5.56 Å². The number of aryl methyl sites for hydroxylation is 1. The molecule has 1 aromatic carbocycles. The summed E-state index contributed by atoms with van der Waals surface area (Å²) in [5, 5.41) is 19.8. The summed E-state index contributed by atoms with van der Waals surface area (Å²) in [6.07, 6.45) is 1.42. The van der Waals surface area contributed by atoms with E-state index in [1.165, 1.54) is 17.4 Å². The third kappa shape index (κ3) is 4.05. The largest absolute Gasteiger partial charge is 0.481 e. The molecule has 0 radical (unpaired) electrons. The standard InChI is InChI=1S/C17H13NO4S/c1-11-6-7-23-17(11)16(21)13(9-18)8-12-4-2-3-5-14(12)22-10-15(19)20/h2-8H,10H2,1H3,(H,19,20)/b13-8-. The van der Waals surface area contributed by atoms with Gasteiger partial charge in [0.15, 0.2) is 6.61 Å². The molecule has 0 aliphatic heterocycles.